The molecule has 0 bridgehead atoms. The Morgan fingerprint density at radius 1 is 1.32 bits per heavy atom. The minimum absolute atomic E-state index is 0. The zero-order valence-corrected chi connectivity index (χ0v) is 12.4. The number of hydrogen-bond acceptors (Lipinski definition) is 3. The molecule has 2 rings (SSSR count). The summed E-state index contributed by atoms with van der Waals surface area (Å²) in [5.74, 6) is 0. The van der Waals surface area contributed by atoms with Crippen molar-refractivity contribution in [2.45, 2.75) is 66.3 Å². The molecule has 4 nitrogen and oxygen atoms in total. The Kier molecular flexibility index (Phi) is 27.3. The summed E-state index contributed by atoms with van der Waals surface area (Å²) < 4.78 is 0. The number of nitrogens with zero attached hydrogens (tertiary/aromatic N) is 1. The first-order valence-electron chi connectivity index (χ1n) is 7.05. The highest BCUT2D eigenvalue weighted by Gasteiger charge is 2.11. The summed E-state index contributed by atoms with van der Waals surface area (Å²) in [5.41, 5.74) is 0. The Labute approximate surface area is 120 Å². The van der Waals surface area contributed by atoms with Crippen LogP contribution in [0.4, 0.5) is 0 Å². The van der Waals surface area contributed by atoms with E-state index in [4.69, 9.17) is 5.11 Å². The van der Waals surface area contributed by atoms with E-state index >= 15 is 0 Å². The third-order valence-electron chi connectivity index (χ3n) is 2.47. The Hall–Kier alpha value is -0.870. The first-order valence-corrected chi connectivity index (χ1v) is 7.05. The summed E-state index contributed by atoms with van der Waals surface area (Å²) in [6.07, 6.45) is 10.4. The van der Waals surface area contributed by atoms with Gasteiger partial charge in [0, 0.05) is 25.5 Å². The van der Waals surface area contributed by atoms with E-state index in [1.807, 2.05) is 19.9 Å². The topological polar surface area (TPSA) is 60.9 Å². The third-order valence-corrected chi connectivity index (χ3v) is 2.47. The van der Waals surface area contributed by atoms with Crippen molar-refractivity contribution < 1.29 is 5.11 Å². The number of nitrogens with one attached hydrogen (secondary N) is 2. The fraction of sp³-hybridized carbons (Fsp3) is 0.800. The maximum absolute atomic E-state index is 7.00. The van der Waals surface area contributed by atoms with Gasteiger partial charge in [-0.05, 0) is 31.9 Å². The van der Waals surface area contributed by atoms with Gasteiger partial charge in [-0.2, -0.15) is 5.10 Å². The van der Waals surface area contributed by atoms with E-state index in [2.05, 4.69) is 22.4 Å². The first kappa shape index (κ1) is 23.2. The fourth-order valence-electron chi connectivity index (χ4n) is 1.67. The van der Waals surface area contributed by atoms with Crippen LogP contribution in [0.25, 0.3) is 0 Å². The smallest absolute Gasteiger partial charge is 0.0487 e. The summed E-state index contributed by atoms with van der Waals surface area (Å²) in [6.45, 7) is 7.52. The standard InChI is InChI=1S/C8H17N.C3H4N2.C2H6.CH4O.CH4/c1-2-3-5-8-6-4-7-9-8;1-2-4-5-3-1;2*1-2;/h8-9H,2-7H2,1H3;1-3H,(H,4,5);1-2H3;2H,1H3;1H4. The molecule has 1 aliphatic rings. The van der Waals surface area contributed by atoms with Gasteiger partial charge in [-0.3, -0.25) is 5.10 Å². The van der Waals surface area contributed by atoms with Gasteiger partial charge in [0.05, 0.1) is 0 Å². The van der Waals surface area contributed by atoms with Gasteiger partial charge in [0.1, 0.15) is 0 Å². The number of H-pyrrole nitrogens is 1. The molecule has 1 fully saturated rings. The van der Waals surface area contributed by atoms with Crippen LogP contribution in [-0.4, -0.2) is 35.0 Å². The zero-order chi connectivity index (χ0) is 14.1. The van der Waals surface area contributed by atoms with Crippen LogP contribution in [0.15, 0.2) is 18.5 Å². The molecule has 0 spiro atoms. The van der Waals surface area contributed by atoms with E-state index in [1.165, 1.54) is 38.6 Å². The van der Waals surface area contributed by atoms with Crippen molar-refractivity contribution in [1.29, 1.82) is 0 Å². The highest BCUT2D eigenvalue weighted by molar-refractivity contribution is 4.73. The normalized spacial score (nSPS) is 15.5. The lowest BCUT2D eigenvalue weighted by molar-refractivity contribution is 0.399. The molecular formula is C15H35N3O. The summed E-state index contributed by atoms with van der Waals surface area (Å²) in [6, 6.07) is 2.70. The van der Waals surface area contributed by atoms with Crippen molar-refractivity contribution in [2.24, 2.45) is 0 Å². The van der Waals surface area contributed by atoms with Crippen LogP contribution in [-0.2, 0) is 0 Å². The van der Waals surface area contributed by atoms with Gasteiger partial charge in [-0.1, -0.05) is 41.0 Å². The van der Waals surface area contributed by atoms with Gasteiger partial charge in [0.15, 0.2) is 0 Å². The van der Waals surface area contributed by atoms with Gasteiger partial charge in [-0.25, -0.2) is 0 Å². The highest BCUT2D eigenvalue weighted by atomic mass is 16.2. The Morgan fingerprint density at radius 3 is 2.32 bits per heavy atom. The number of aliphatic hydroxyl groups excluding tert-OH is 1. The van der Waals surface area contributed by atoms with Crippen molar-refractivity contribution in [3.8, 4) is 0 Å². The SMILES string of the molecule is C.CC.CCCCC1CCCN1.CO.c1cn[nH]c1. The van der Waals surface area contributed by atoms with Crippen LogP contribution < -0.4 is 5.32 Å². The molecule has 1 saturated heterocycles. The predicted molar refractivity (Wildman–Crippen MR) is 85.4 cm³/mol. The number of rotatable bonds is 3. The maximum Gasteiger partial charge on any atom is 0.0487 e. The Balaban J connectivity index is -0.000000220. The molecule has 116 valence electrons. The average Bonchev–Trinajstić information content (AvgIpc) is 3.16. The van der Waals surface area contributed by atoms with Gasteiger partial charge in [0.2, 0.25) is 0 Å². The van der Waals surface area contributed by atoms with Crippen molar-refractivity contribution >= 4 is 0 Å². The molecule has 2 heterocycles. The van der Waals surface area contributed by atoms with E-state index in [-0.39, 0.29) is 7.43 Å². The molecule has 0 aliphatic carbocycles. The molecule has 0 amide bonds. The van der Waals surface area contributed by atoms with Gasteiger partial charge < -0.3 is 10.4 Å². The molecular weight excluding hydrogens is 238 g/mol. The quantitative estimate of drug-likeness (QED) is 0.788. The molecule has 0 aromatic carbocycles. The van der Waals surface area contributed by atoms with Crippen molar-refractivity contribution in [3.63, 3.8) is 0 Å². The minimum atomic E-state index is 0. The summed E-state index contributed by atoms with van der Waals surface area (Å²) in [5, 5.41) is 16.7. The lowest BCUT2D eigenvalue weighted by Crippen LogP contribution is -2.20. The van der Waals surface area contributed by atoms with E-state index in [9.17, 15) is 0 Å². The summed E-state index contributed by atoms with van der Waals surface area (Å²) in [4.78, 5) is 0. The number of aromatic nitrogens is 2. The molecule has 4 heteroatoms. The monoisotopic (exact) mass is 273 g/mol. The third kappa shape index (κ3) is 17.1. The number of hydrogen-bond donors (Lipinski definition) is 3. The molecule has 1 aliphatic heterocycles. The minimum Gasteiger partial charge on any atom is -0.400 e. The summed E-state index contributed by atoms with van der Waals surface area (Å²) in [7, 11) is 1.00. The molecule has 19 heavy (non-hydrogen) atoms. The largest absolute Gasteiger partial charge is 0.400 e. The van der Waals surface area contributed by atoms with Crippen molar-refractivity contribution in [3.05, 3.63) is 18.5 Å². The van der Waals surface area contributed by atoms with Crippen LogP contribution in [0.5, 0.6) is 0 Å². The van der Waals surface area contributed by atoms with Gasteiger partial charge >= 0.3 is 0 Å². The number of unbranched alkanes of at least 4 members (excludes halogenated alkanes) is 1. The van der Waals surface area contributed by atoms with Crippen LogP contribution >= 0.6 is 0 Å². The summed E-state index contributed by atoms with van der Waals surface area (Å²) >= 11 is 0. The first-order chi connectivity index (χ1) is 8.93. The maximum atomic E-state index is 7.00. The van der Waals surface area contributed by atoms with E-state index in [0.29, 0.717) is 0 Å². The van der Waals surface area contributed by atoms with E-state index in [0.717, 1.165) is 13.2 Å². The molecule has 1 atom stereocenters. The Bertz CT molecular complexity index is 180. The molecule has 0 radical (unpaired) electrons. The van der Waals surface area contributed by atoms with Crippen LogP contribution in [0, 0.1) is 0 Å². The van der Waals surface area contributed by atoms with Crippen LogP contribution in [0.1, 0.15) is 60.3 Å². The van der Waals surface area contributed by atoms with Crippen LogP contribution in [0.2, 0.25) is 0 Å². The second-order valence-corrected chi connectivity index (χ2v) is 3.70. The lowest BCUT2D eigenvalue weighted by Gasteiger charge is -2.06. The second kappa shape index (κ2) is 22.3. The van der Waals surface area contributed by atoms with Crippen LogP contribution in [0.3, 0.4) is 0 Å². The van der Waals surface area contributed by atoms with E-state index in [1.54, 1.807) is 12.4 Å². The van der Waals surface area contributed by atoms with Crippen molar-refractivity contribution in [2.75, 3.05) is 13.7 Å². The number of aromatic amines is 1. The molecule has 1 unspecified atom stereocenters. The Morgan fingerprint density at radius 2 is 2.00 bits per heavy atom. The fourth-order valence-corrected chi connectivity index (χ4v) is 1.67. The molecule has 0 saturated carbocycles. The molecule has 1 aromatic rings. The second-order valence-electron chi connectivity index (χ2n) is 3.70. The van der Waals surface area contributed by atoms with Gasteiger partial charge in [-0.15, -0.1) is 0 Å². The lowest BCUT2D eigenvalue weighted by atomic mass is 10.1. The van der Waals surface area contributed by atoms with E-state index < -0.39 is 0 Å². The molecule has 3 N–H and O–H groups in total. The van der Waals surface area contributed by atoms with Gasteiger partial charge in [0.25, 0.3) is 0 Å². The predicted octanol–water partition coefficient (Wildman–Crippen LogP) is 3.61. The highest BCUT2D eigenvalue weighted by Crippen LogP contribution is 2.11. The van der Waals surface area contributed by atoms with Crippen molar-refractivity contribution in [1.82, 2.24) is 15.5 Å². The average molecular weight is 273 g/mol. The zero-order valence-electron chi connectivity index (χ0n) is 12.4. The number of aliphatic hydroxyl groups is 1. The molecule has 1 aromatic heterocycles.